The molecule has 0 radical (unpaired) electrons. The van der Waals surface area contributed by atoms with Crippen molar-refractivity contribution < 1.29 is 21.6 Å². The van der Waals surface area contributed by atoms with E-state index in [9.17, 15) is 21.6 Å². The topological polar surface area (TPSA) is 127 Å². The first kappa shape index (κ1) is 22.4. The predicted molar refractivity (Wildman–Crippen MR) is 114 cm³/mol. The van der Waals surface area contributed by atoms with Gasteiger partial charge in [0.2, 0.25) is 20.0 Å². The molecule has 10 heteroatoms. The van der Waals surface area contributed by atoms with Crippen LogP contribution in [0.5, 0.6) is 0 Å². The maximum atomic E-state index is 12.9. The van der Waals surface area contributed by atoms with Crippen molar-refractivity contribution in [1.29, 1.82) is 0 Å². The van der Waals surface area contributed by atoms with Crippen molar-refractivity contribution >= 4 is 31.6 Å². The van der Waals surface area contributed by atoms with Gasteiger partial charge in [-0.15, -0.1) is 0 Å². The van der Waals surface area contributed by atoms with Gasteiger partial charge in [-0.2, -0.15) is 4.31 Å². The van der Waals surface area contributed by atoms with Crippen molar-refractivity contribution in [3.8, 4) is 0 Å². The van der Waals surface area contributed by atoms with Gasteiger partial charge < -0.3 is 5.32 Å². The van der Waals surface area contributed by atoms with Gasteiger partial charge in [0.05, 0.1) is 9.79 Å². The average Bonchev–Trinajstić information content (AvgIpc) is 2.67. The first-order chi connectivity index (χ1) is 14.0. The minimum absolute atomic E-state index is 0.0589. The zero-order valence-corrected chi connectivity index (χ0v) is 18.4. The van der Waals surface area contributed by atoms with Gasteiger partial charge in [-0.3, -0.25) is 4.79 Å². The van der Waals surface area contributed by atoms with Crippen LogP contribution in [-0.4, -0.2) is 40.1 Å². The second-order valence-electron chi connectivity index (χ2n) is 7.82. The fourth-order valence-electron chi connectivity index (χ4n) is 3.66. The normalized spacial score (nSPS) is 20.6. The molecule has 3 rings (SSSR count). The molecule has 0 spiro atoms. The molecule has 1 aliphatic heterocycles. The fraction of sp³-hybridized carbons (Fsp3) is 0.350. The lowest BCUT2D eigenvalue weighted by molar-refractivity contribution is 0.102. The molecule has 2 aromatic rings. The SMILES string of the molecule is C[C@H]1C[C@H](C)CN(S(=O)(=O)c2ccc(C(=O)Nc3ccc(S(N)(=O)=O)cc3)cc2)C1. The molecular formula is C20H25N3O5S2. The lowest BCUT2D eigenvalue weighted by atomic mass is 9.94. The molecule has 2 atom stereocenters. The number of anilines is 1. The second kappa shape index (κ2) is 8.46. The number of nitrogens with one attached hydrogen (secondary N) is 1. The van der Waals surface area contributed by atoms with Crippen molar-refractivity contribution in [2.75, 3.05) is 18.4 Å². The van der Waals surface area contributed by atoms with E-state index in [0.717, 1.165) is 6.42 Å². The molecule has 0 bridgehead atoms. The molecule has 2 aromatic carbocycles. The largest absolute Gasteiger partial charge is 0.322 e. The number of amides is 1. The van der Waals surface area contributed by atoms with Crippen molar-refractivity contribution in [2.24, 2.45) is 17.0 Å². The van der Waals surface area contributed by atoms with Gasteiger partial charge in [-0.05, 0) is 66.8 Å². The van der Waals surface area contributed by atoms with E-state index in [1.165, 1.54) is 52.8 Å². The third-order valence-corrected chi connectivity index (χ3v) is 7.81. The summed E-state index contributed by atoms with van der Waals surface area (Å²) in [6, 6.07) is 11.2. The van der Waals surface area contributed by atoms with Crippen LogP contribution >= 0.6 is 0 Å². The summed E-state index contributed by atoms with van der Waals surface area (Å²) < 4.78 is 49.9. The molecule has 3 N–H and O–H groups in total. The van der Waals surface area contributed by atoms with Crippen molar-refractivity contribution in [3.63, 3.8) is 0 Å². The molecule has 0 aliphatic carbocycles. The van der Waals surface area contributed by atoms with Crippen LogP contribution in [0.2, 0.25) is 0 Å². The molecule has 30 heavy (non-hydrogen) atoms. The number of nitrogens with two attached hydrogens (primary N) is 1. The Kier molecular flexibility index (Phi) is 6.32. The monoisotopic (exact) mass is 451 g/mol. The Morgan fingerprint density at radius 3 is 1.90 bits per heavy atom. The van der Waals surface area contributed by atoms with E-state index in [4.69, 9.17) is 5.14 Å². The summed E-state index contributed by atoms with van der Waals surface area (Å²) in [5, 5.41) is 7.69. The number of carbonyl (C=O) groups is 1. The van der Waals surface area contributed by atoms with Gasteiger partial charge in [0, 0.05) is 24.3 Å². The quantitative estimate of drug-likeness (QED) is 0.721. The third-order valence-electron chi connectivity index (χ3n) is 5.03. The van der Waals surface area contributed by atoms with Crippen LogP contribution in [0.15, 0.2) is 58.3 Å². The van der Waals surface area contributed by atoms with Gasteiger partial charge in [0.15, 0.2) is 0 Å². The van der Waals surface area contributed by atoms with E-state index >= 15 is 0 Å². The number of carbonyl (C=O) groups excluding carboxylic acids is 1. The lowest BCUT2D eigenvalue weighted by Gasteiger charge is -2.34. The maximum Gasteiger partial charge on any atom is 0.255 e. The Morgan fingerprint density at radius 2 is 1.40 bits per heavy atom. The number of hydrogen-bond acceptors (Lipinski definition) is 5. The number of hydrogen-bond donors (Lipinski definition) is 2. The van der Waals surface area contributed by atoms with E-state index in [1.807, 2.05) is 13.8 Å². The van der Waals surface area contributed by atoms with Crippen molar-refractivity contribution in [2.45, 2.75) is 30.1 Å². The lowest BCUT2D eigenvalue weighted by Crippen LogP contribution is -2.42. The van der Waals surface area contributed by atoms with Crippen LogP contribution < -0.4 is 10.5 Å². The zero-order chi connectivity index (χ0) is 22.1. The standard InChI is InChI=1S/C20H25N3O5S2/c1-14-11-15(2)13-23(12-14)30(27,28)19-7-3-16(4-8-19)20(24)22-17-5-9-18(10-6-17)29(21,25)26/h3-10,14-15H,11-13H2,1-2H3,(H,22,24)(H2,21,25,26)/t14-,15-/m0/s1. The van der Waals surface area contributed by atoms with Crippen LogP contribution in [0, 0.1) is 11.8 Å². The van der Waals surface area contributed by atoms with Gasteiger partial charge in [0.25, 0.3) is 5.91 Å². The van der Waals surface area contributed by atoms with Gasteiger partial charge in [-0.25, -0.2) is 22.0 Å². The van der Waals surface area contributed by atoms with E-state index in [0.29, 0.717) is 30.6 Å². The first-order valence-electron chi connectivity index (χ1n) is 9.51. The molecule has 0 unspecified atom stereocenters. The van der Waals surface area contributed by atoms with E-state index < -0.39 is 26.0 Å². The van der Waals surface area contributed by atoms with Gasteiger partial charge in [-0.1, -0.05) is 13.8 Å². The molecule has 8 nitrogen and oxygen atoms in total. The second-order valence-corrected chi connectivity index (χ2v) is 11.3. The highest BCUT2D eigenvalue weighted by Gasteiger charge is 2.31. The average molecular weight is 452 g/mol. The molecule has 1 heterocycles. The number of benzene rings is 2. The summed E-state index contributed by atoms with van der Waals surface area (Å²) in [6.07, 6.45) is 1.00. The summed E-state index contributed by atoms with van der Waals surface area (Å²) in [6.45, 7) is 5.06. The number of piperidine rings is 1. The molecule has 1 saturated heterocycles. The molecule has 1 fully saturated rings. The van der Waals surface area contributed by atoms with Crippen LogP contribution in [0.3, 0.4) is 0 Å². The highest BCUT2D eigenvalue weighted by Crippen LogP contribution is 2.27. The maximum absolute atomic E-state index is 12.9. The third kappa shape index (κ3) is 5.07. The molecule has 0 saturated carbocycles. The Hall–Kier alpha value is -2.27. The first-order valence-corrected chi connectivity index (χ1v) is 12.5. The highest BCUT2D eigenvalue weighted by molar-refractivity contribution is 7.89. The van der Waals surface area contributed by atoms with Crippen LogP contribution in [0.25, 0.3) is 0 Å². The molecule has 1 aliphatic rings. The van der Waals surface area contributed by atoms with E-state index in [1.54, 1.807) is 0 Å². The highest BCUT2D eigenvalue weighted by atomic mass is 32.2. The van der Waals surface area contributed by atoms with Crippen LogP contribution in [0.1, 0.15) is 30.6 Å². The number of sulfonamides is 2. The van der Waals surface area contributed by atoms with Crippen LogP contribution in [0.4, 0.5) is 5.69 Å². The number of nitrogens with zero attached hydrogens (tertiary/aromatic N) is 1. The summed E-state index contributed by atoms with van der Waals surface area (Å²) >= 11 is 0. The summed E-state index contributed by atoms with van der Waals surface area (Å²) in [7, 11) is -7.42. The summed E-state index contributed by atoms with van der Waals surface area (Å²) in [4.78, 5) is 12.5. The Balaban J connectivity index is 1.72. The molecular weight excluding hydrogens is 426 g/mol. The minimum atomic E-state index is -3.81. The van der Waals surface area contributed by atoms with E-state index in [2.05, 4.69) is 5.32 Å². The Morgan fingerprint density at radius 1 is 0.900 bits per heavy atom. The molecule has 0 aromatic heterocycles. The van der Waals surface area contributed by atoms with Crippen molar-refractivity contribution in [1.82, 2.24) is 4.31 Å². The number of primary sulfonamides is 1. The molecule has 1 amide bonds. The smallest absolute Gasteiger partial charge is 0.255 e. The van der Waals surface area contributed by atoms with Gasteiger partial charge >= 0.3 is 0 Å². The van der Waals surface area contributed by atoms with E-state index in [-0.39, 0.29) is 15.4 Å². The Bertz CT molecular complexity index is 1120. The minimum Gasteiger partial charge on any atom is -0.322 e. The van der Waals surface area contributed by atoms with Gasteiger partial charge in [0.1, 0.15) is 0 Å². The van der Waals surface area contributed by atoms with Crippen LogP contribution in [-0.2, 0) is 20.0 Å². The van der Waals surface area contributed by atoms with Crippen molar-refractivity contribution in [3.05, 3.63) is 54.1 Å². The molecule has 162 valence electrons. The zero-order valence-electron chi connectivity index (χ0n) is 16.8. The predicted octanol–water partition coefficient (Wildman–Crippen LogP) is 2.25. The fourth-order valence-corrected chi connectivity index (χ4v) is 5.86. The number of rotatable bonds is 5. The summed E-state index contributed by atoms with van der Waals surface area (Å²) in [5.41, 5.74) is 0.672. The summed E-state index contributed by atoms with van der Waals surface area (Å²) in [5.74, 6) is 0.158. The Labute approximate surface area is 177 Å².